The van der Waals surface area contributed by atoms with Crippen molar-refractivity contribution in [3.05, 3.63) is 18.3 Å². The zero-order valence-electron chi connectivity index (χ0n) is 9.87. The van der Waals surface area contributed by atoms with Crippen LogP contribution in [0.15, 0.2) is 23.2 Å². The van der Waals surface area contributed by atoms with Crippen LogP contribution >= 0.6 is 0 Å². The highest BCUT2D eigenvalue weighted by Gasteiger charge is 2.23. The fourth-order valence-electron chi connectivity index (χ4n) is 1.28. The van der Waals surface area contributed by atoms with Gasteiger partial charge in [-0.1, -0.05) is 0 Å². The first-order valence-electron chi connectivity index (χ1n) is 5.20. The van der Waals surface area contributed by atoms with Crippen molar-refractivity contribution in [1.82, 2.24) is 9.29 Å². The van der Waals surface area contributed by atoms with Crippen LogP contribution < -0.4 is 5.73 Å². The van der Waals surface area contributed by atoms with Crippen LogP contribution in [0.25, 0.3) is 0 Å². The van der Waals surface area contributed by atoms with Crippen LogP contribution in [0.3, 0.4) is 0 Å². The molecule has 0 spiro atoms. The van der Waals surface area contributed by atoms with Gasteiger partial charge in [0.1, 0.15) is 10.7 Å². The molecule has 1 aromatic heterocycles. The third-order valence-corrected chi connectivity index (χ3v) is 4.25. The predicted octanol–water partition coefficient (Wildman–Crippen LogP) is 0.0552. The zero-order valence-corrected chi connectivity index (χ0v) is 10.7. The van der Waals surface area contributed by atoms with Gasteiger partial charge in [-0.3, -0.25) is 0 Å². The van der Waals surface area contributed by atoms with Crippen LogP contribution in [0.2, 0.25) is 0 Å². The first-order valence-corrected chi connectivity index (χ1v) is 6.64. The van der Waals surface area contributed by atoms with E-state index >= 15 is 0 Å². The molecule has 1 heterocycles. The van der Waals surface area contributed by atoms with Crippen LogP contribution in [0.5, 0.6) is 0 Å². The van der Waals surface area contributed by atoms with Gasteiger partial charge in [0.15, 0.2) is 0 Å². The average Bonchev–Trinajstić information content (AvgIpc) is 2.26. The molecule has 96 valence electrons. The summed E-state index contributed by atoms with van der Waals surface area (Å²) in [5.41, 5.74) is 5.53. The topological polar surface area (TPSA) is 96.5 Å². The summed E-state index contributed by atoms with van der Waals surface area (Å²) in [6.45, 7) is 1.84. The minimum absolute atomic E-state index is 0.00640. The lowest BCUT2D eigenvalue weighted by Crippen LogP contribution is -2.30. The van der Waals surface area contributed by atoms with E-state index in [-0.39, 0.29) is 17.3 Å². The molecule has 0 radical (unpaired) electrons. The summed E-state index contributed by atoms with van der Waals surface area (Å²) in [5.74, 6) is -0.0172. The molecule has 1 unspecified atom stereocenters. The Morgan fingerprint density at radius 3 is 2.76 bits per heavy atom. The number of nitrogens with zero attached hydrogens (tertiary/aromatic N) is 2. The molecule has 0 saturated heterocycles. The second-order valence-electron chi connectivity index (χ2n) is 3.85. The Labute approximate surface area is 101 Å². The van der Waals surface area contributed by atoms with Crippen molar-refractivity contribution < 1.29 is 13.5 Å². The predicted molar refractivity (Wildman–Crippen MR) is 64.8 cm³/mol. The number of rotatable bonds is 5. The fraction of sp³-hybridized carbons (Fsp3) is 0.500. The fourth-order valence-corrected chi connectivity index (χ4v) is 2.53. The van der Waals surface area contributed by atoms with E-state index in [4.69, 9.17) is 10.8 Å². The molecule has 0 saturated carbocycles. The molecule has 0 amide bonds. The summed E-state index contributed by atoms with van der Waals surface area (Å²) >= 11 is 0. The van der Waals surface area contributed by atoms with Gasteiger partial charge in [0.05, 0.1) is 6.10 Å². The van der Waals surface area contributed by atoms with E-state index in [0.29, 0.717) is 6.42 Å². The average molecular weight is 259 g/mol. The number of pyridine rings is 1. The lowest BCUT2D eigenvalue weighted by molar-refractivity contribution is 0.177. The lowest BCUT2D eigenvalue weighted by Gasteiger charge is -2.18. The number of sulfonamides is 1. The number of aliphatic hydroxyl groups is 1. The van der Waals surface area contributed by atoms with Gasteiger partial charge in [-0.05, 0) is 25.5 Å². The number of anilines is 1. The van der Waals surface area contributed by atoms with Crippen LogP contribution in [-0.2, 0) is 10.0 Å². The van der Waals surface area contributed by atoms with Gasteiger partial charge in [-0.2, -0.15) is 0 Å². The Balaban J connectivity index is 2.92. The van der Waals surface area contributed by atoms with Crippen molar-refractivity contribution in [2.45, 2.75) is 24.3 Å². The molecule has 3 N–H and O–H groups in total. The normalized spacial score (nSPS) is 13.9. The maximum Gasteiger partial charge on any atom is 0.246 e. The molecule has 0 bridgehead atoms. The first kappa shape index (κ1) is 13.9. The molecule has 7 heteroatoms. The minimum Gasteiger partial charge on any atom is -0.393 e. The van der Waals surface area contributed by atoms with Gasteiger partial charge in [0.25, 0.3) is 0 Å². The van der Waals surface area contributed by atoms with Crippen LogP contribution in [0.1, 0.15) is 13.3 Å². The van der Waals surface area contributed by atoms with Gasteiger partial charge in [0, 0.05) is 19.8 Å². The van der Waals surface area contributed by atoms with Gasteiger partial charge in [-0.25, -0.2) is 17.7 Å². The number of hydrogen-bond donors (Lipinski definition) is 2. The van der Waals surface area contributed by atoms with Crippen molar-refractivity contribution >= 4 is 15.8 Å². The van der Waals surface area contributed by atoms with E-state index in [1.54, 1.807) is 6.92 Å². The van der Waals surface area contributed by atoms with Gasteiger partial charge >= 0.3 is 0 Å². The van der Waals surface area contributed by atoms with E-state index in [1.165, 1.54) is 25.4 Å². The van der Waals surface area contributed by atoms with E-state index in [1.807, 2.05) is 0 Å². The standard InChI is InChI=1S/C10H17N3O3S/c1-8(14)5-7-13(2)17(15,16)9-4-3-6-12-10(9)11/h3-4,6,8,14H,5,7H2,1-2H3,(H2,11,12). The Hall–Kier alpha value is -1.18. The molecule has 17 heavy (non-hydrogen) atoms. The Kier molecular flexibility index (Phi) is 4.44. The highest BCUT2D eigenvalue weighted by atomic mass is 32.2. The maximum absolute atomic E-state index is 12.1. The zero-order chi connectivity index (χ0) is 13.1. The molecule has 0 aliphatic carbocycles. The Morgan fingerprint density at radius 2 is 2.24 bits per heavy atom. The number of aromatic nitrogens is 1. The molecule has 1 aromatic rings. The quantitative estimate of drug-likeness (QED) is 0.779. The van der Waals surface area contributed by atoms with Crippen molar-refractivity contribution in [2.75, 3.05) is 19.3 Å². The first-order chi connectivity index (χ1) is 7.85. The third-order valence-electron chi connectivity index (χ3n) is 2.35. The minimum atomic E-state index is -3.63. The van der Waals surface area contributed by atoms with E-state index in [9.17, 15) is 8.42 Å². The summed E-state index contributed by atoms with van der Waals surface area (Å²) in [4.78, 5) is 3.74. The number of hydrogen-bond acceptors (Lipinski definition) is 5. The second-order valence-corrected chi connectivity index (χ2v) is 5.86. The van der Waals surface area contributed by atoms with Crippen LogP contribution in [0.4, 0.5) is 5.82 Å². The van der Waals surface area contributed by atoms with Crippen LogP contribution in [-0.4, -0.2) is 42.5 Å². The van der Waals surface area contributed by atoms with Crippen molar-refractivity contribution in [3.63, 3.8) is 0 Å². The molecule has 0 aliphatic heterocycles. The van der Waals surface area contributed by atoms with Gasteiger partial charge in [0.2, 0.25) is 10.0 Å². The summed E-state index contributed by atoms with van der Waals surface area (Å²) in [6, 6.07) is 2.93. The van der Waals surface area contributed by atoms with Gasteiger partial charge < -0.3 is 10.8 Å². The highest BCUT2D eigenvalue weighted by Crippen LogP contribution is 2.19. The van der Waals surface area contributed by atoms with Crippen molar-refractivity contribution in [2.24, 2.45) is 0 Å². The highest BCUT2D eigenvalue weighted by molar-refractivity contribution is 7.89. The van der Waals surface area contributed by atoms with Crippen LogP contribution in [0, 0.1) is 0 Å². The van der Waals surface area contributed by atoms with E-state index in [0.717, 1.165) is 4.31 Å². The third kappa shape index (κ3) is 3.39. The molecular weight excluding hydrogens is 242 g/mol. The summed E-state index contributed by atoms with van der Waals surface area (Å²) in [6.07, 6.45) is 1.26. The van der Waals surface area contributed by atoms with Crippen molar-refractivity contribution in [3.8, 4) is 0 Å². The number of nitrogens with two attached hydrogens (primary N) is 1. The number of nitrogen functional groups attached to an aromatic ring is 1. The smallest absolute Gasteiger partial charge is 0.246 e. The molecule has 1 rings (SSSR count). The monoisotopic (exact) mass is 259 g/mol. The molecular formula is C10H17N3O3S. The van der Waals surface area contributed by atoms with Crippen molar-refractivity contribution in [1.29, 1.82) is 0 Å². The largest absolute Gasteiger partial charge is 0.393 e. The summed E-state index contributed by atoms with van der Waals surface area (Å²) in [5, 5.41) is 9.13. The summed E-state index contributed by atoms with van der Waals surface area (Å²) in [7, 11) is -2.18. The van der Waals surface area contributed by atoms with Gasteiger partial charge in [-0.15, -0.1) is 0 Å². The molecule has 0 aliphatic rings. The second kappa shape index (κ2) is 5.44. The molecule has 6 nitrogen and oxygen atoms in total. The summed E-state index contributed by atoms with van der Waals surface area (Å²) < 4.78 is 25.3. The maximum atomic E-state index is 12.1. The lowest BCUT2D eigenvalue weighted by atomic mass is 10.3. The molecule has 0 fully saturated rings. The number of aliphatic hydroxyl groups excluding tert-OH is 1. The SMILES string of the molecule is CC(O)CCN(C)S(=O)(=O)c1cccnc1N. The van der Waals surface area contributed by atoms with E-state index in [2.05, 4.69) is 4.98 Å². The molecule has 1 atom stereocenters. The van der Waals surface area contributed by atoms with E-state index < -0.39 is 16.1 Å². The Bertz CT molecular complexity index is 473. The Morgan fingerprint density at radius 1 is 1.59 bits per heavy atom. The molecule has 0 aromatic carbocycles.